The van der Waals surface area contributed by atoms with Crippen molar-refractivity contribution < 1.29 is 0 Å². The molecule has 7 aliphatic rings. The zero-order valence-corrected chi connectivity index (χ0v) is 13.9. The molecule has 2 aliphatic carbocycles. The predicted octanol–water partition coefficient (Wildman–Crippen LogP) is 1.23. The third-order valence-corrected chi connectivity index (χ3v) is 6.65. The van der Waals surface area contributed by atoms with Gasteiger partial charge in [-0.05, 0) is 76.3 Å². The summed E-state index contributed by atoms with van der Waals surface area (Å²) in [4.78, 5) is 0. The van der Waals surface area contributed by atoms with Crippen LogP contribution in [0.1, 0.15) is 51.4 Å². The molecule has 6 bridgehead atoms. The normalized spacial score (nSPS) is 46.9. The molecule has 5 saturated heterocycles. The van der Waals surface area contributed by atoms with E-state index in [9.17, 15) is 0 Å². The topological polar surface area (TPSA) is 48.1 Å². The molecule has 0 amide bonds. The van der Waals surface area contributed by atoms with Crippen LogP contribution in [0.5, 0.6) is 0 Å². The second-order valence-electron chi connectivity index (χ2n) is 8.36. The van der Waals surface area contributed by atoms with Gasteiger partial charge in [0.05, 0.1) is 0 Å². The van der Waals surface area contributed by atoms with Gasteiger partial charge in [0.1, 0.15) is 0 Å². The Morgan fingerprint density at radius 3 is 1.09 bits per heavy atom. The van der Waals surface area contributed by atoms with Crippen molar-refractivity contribution in [2.75, 3.05) is 26.2 Å². The quantitative estimate of drug-likeness (QED) is 0.544. The van der Waals surface area contributed by atoms with Gasteiger partial charge in [0.2, 0.25) is 0 Å². The molecule has 0 radical (unpaired) electrons. The molecule has 126 valence electrons. The second kappa shape index (κ2) is 7.16. The Morgan fingerprint density at radius 2 is 0.955 bits per heavy atom. The molecule has 4 nitrogen and oxygen atoms in total. The van der Waals surface area contributed by atoms with Gasteiger partial charge in [0.15, 0.2) is 0 Å². The van der Waals surface area contributed by atoms with E-state index in [1.807, 2.05) is 0 Å². The highest BCUT2D eigenvalue weighted by Crippen LogP contribution is 2.30. The summed E-state index contributed by atoms with van der Waals surface area (Å²) in [6.07, 6.45) is 11.7. The molecule has 4 heteroatoms. The fourth-order valence-electron chi connectivity index (χ4n) is 5.12. The first-order valence-electron chi connectivity index (χ1n) is 9.78. The first kappa shape index (κ1) is 15.4. The van der Waals surface area contributed by atoms with Gasteiger partial charge in [-0.2, -0.15) is 0 Å². The lowest BCUT2D eigenvalue weighted by Crippen LogP contribution is -2.44. The largest absolute Gasteiger partial charge is 0.314 e. The summed E-state index contributed by atoms with van der Waals surface area (Å²) >= 11 is 0. The van der Waals surface area contributed by atoms with Crippen molar-refractivity contribution in [1.82, 2.24) is 21.3 Å². The standard InChI is InChI=1S/C7H13N.C6H11N.C5H10N2/c1-3-7-4-2-6(1)5-8-7;1-2-6-3-5(1)4-7-6;1-4-2-6-5(1)3-7-4/h6-8H,1-5H2;5-7H,1-4H2;4-7H,1-3H2. The second-order valence-corrected chi connectivity index (χ2v) is 8.36. The lowest BCUT2D eigenvalue weighted by molar-refractivity contribution is 0.213. The predicted molar refractivity (Wildman–Crippen MR) is 91.1 cm³/mol. The fraction of sp³-hybridized carbons (Fsp3) is 1.00. The summed E-state index contributed by atoms with van der Waals surface area (Å²) in [6, 6.07) is 3.44. The summed E-state index contributed by atoms with van der Waals surface area (Å²) in [5.41, 5.74) is 0. The van der Waals surface area contributed by atoms with Crippen LogP contribution in [-0.4, -0.2) is 50.3 Å². The highest BCUT2D eigenvalue weighted by Gasteiger charge is 2.30. The Bertz CT molecular complexity index is 272. The number of piperazine rings is 1. The summed E-state index contributed by atoms with van der Waals surface area (Å²) < 4.78 is 0. The van der Waals surface area contributed by atoms with Crippen molar-refractivity contribution in [3.05, 3.63) is 0 Å². The lowest BCUT2D eigenvalue weighted by atomic mass is 9.82. The van der Waals surface area contributed by atoms with Crippen LogP contribution in [0.15, 0.2) is 0 Å². The monoisotopic (exact) mass is 306 g/mol. The third kappa shape index (κ3) is 3.84. The molecule has 4 N–H and O–H groups in total. The van der Waals surface area contributed by atoms with E-state index in [2.05, 4.69) is 21.3 Å². The fourth-order valence-corrected chi connectivity index (χ4v) is 5.12. The number of piperidine rings is 3. The van der Waals surface area contributed by atoms with E-state index in [-0.39, 0.29) is 0 Å². The first-order valence-corrected chi connectivity index (χ1v) is 9.78. The van der Waals surface area contributed by atoms with E-state index in [1.54, 1.807) is 0 Å². The van der Waals surface area contributed by atoms with Gasteiger partial charge in [-0.25, -0.2) is 0 Å². The van der Waals surface area contributed by atoms with Crippen molar-refractivity contribution in [2.45, 2.75) is 75.5 Å². The molecule has 0 spiro atoms. The van der Waals surface area contributed by atoms with Crippen molar-refractivity contribution in [3.8, 4) is 0 Å². The van der Waals surface area contributed by atoms with Crippen molar-refractivity contribution in [3.63, 3.8) is 0 Å². The zero-order valence-electron chi connectivity index (χ0n) is 13.9. The number of hydrogen-bond acceptors (Lipinski definition) is 4. The molecule has 22 heavy (non-hydrogen) atoms. The SMILES string of the molecule is C1CC2CC1CN2.C1CC2CCC1CN2.C1NC2CNC1C2. The van der Waals surface area contributed by atoms with Crippen LogP contribution >= 0.6 is 0 Å². The van der Waals surface area contributed by atoms with Gasteiger partial charge in [0, 0.05) is 37.3 Å². The smallest absolute Gasteiger partial charge is 0.0208 e. The summed E-state index contributed by atoms with van der Waals surface area (Å²) in [5.74, 6) is 2.10. The molecule has 0 aromatic rings. The molecule has 2 saturated carbocycles. The molecular weight excluding hydrogens is 272 g/mol. The Balaban J connectivity index is 0.0000000855. The summed E-state index contributed by atoms with van der Waals surface area (Å²) in [5, 5.41) is 13.8. The minimum Gasteiger partial charge on any atom is -0.314 e. The van der Waals surface area contributed by atoms with Gasteiger partial charge < -0.3 is 21.3 Å². The van der Waals surface area contributed by atoms with Crippen LogP contribution < -0.4 is 21.3 Å². The number of fused-ring (bicyclic) bond motifs is 7. The van der Waals surface area contributed by atoms with Crippen LogP contribution in [-0.2, 0) is 0 Å². The average molecular weight is 306 g/mol. The minimum absolute atomic E-state index is 0.810. The Hall–Kier alpha value is -0.160. The van der Waals surface area contributed by atoms with Crippen LogP contribution in [0.3, 0.4) is 0 Å². The number of nitrogens with one attached hydrogen (secondary N) is 4. The van der Waals surface area contributed by atoms with Crippen LogP contribution in [0.2, 0.25) is 0 Å². The lowest BCUT2D eigenvalue weighted by Gasteiger charge is -2.36. The molecule has 7 rings (SSSR count). The third-order valence-electron chi connectivity index (χ3n) is 6.65. The van der Waals surface area contributed by atoms with Gasteiger partial charge in [-0.1, -0.05) is 0 Å². The van der Waals surface area contributed by atoms with E-state index in [4.69, 9.17) is 0 Å². The average Bonchev–Trinajstić information content (AvgIpc) is 3.40. The maximum absolute atomic E-state index is 3.52. The van der Waals surface area contributed by atoms with Crippen LogP contribution in [0.25, 0.3) is 0 Å². The molecular formula is C18H34N4. The Morgan fingerprint density at radius 1 is 0.409 bits per heavy atom. The molecule has 5 aliphatic heterocycles. The van der Waals surface area contributed by atoms with Crippen molar-refractivity contribution in [2.24, 2.45) is 11.8 Å². The van der Waals surface area contributed by atoms with Crippen molar-refractivity contribution >= 4 is 0 Å². The van der Waals surface area contributed by atoms with Gasteiger partial charge in [0.25, 0.3) is 0 Å². The van der Waals surface area contributed by atoms with E-state index in [1.165, 1.54) is 77.5 Å². The minimum atomic E-state index is 0.810. The zero-order chi connectivity index (χ0) is 14.8. The van der Waals surface area contributed by atoms with E-state index in [0.29, 0.717) is 0 Å². The van der Waals surface area contributed by atoms with Gasteiger partial charge in [-0.15, -0.1) is 0 Å². The molecule has 4 atom stereocenters. The molecule has 5 heterocycles. The highest BCUT2D eigenvalue weighted by atomic mass is 15.1. The maximum atomic E-state index is 3.52. The van der Waals surface area contributed by atoms with Gasteiger partial charge >= 0.3 is 0 Å². The first-order chi connectivity index (χ1) is 10.8. The van der Waals surface area contributed by atoms with E-state index >= 15 is 0 Å². The highest BCUT2D eigenvalue weighted by molar-refractivity contribution is 4.94. The van der Waals surface area contributed by atoms with E-state index < -0.39 is 0 Å². The molecule has 4 unspecified atom stereocenters. The Labute approximate surface area is 135 Å². The molecule has 0 aromatic heterocycles. The van der Waals surface area contributed by atoms with Crippen molar-refractivity contribution in [1.29, 1.82) is 0 Å². The van der Waals surface area contributed by atoms with Crippen LogP contribution in [0, 0.1) is 11.8 Å². The number of hydrogen-bond donors (Lipinski definition) is 4. The molecule has 0 aromatic carbocycles. The summed E-state index contributed by atoms with van der Waals surface area (Å²) in [6.45, 7) is 5.02. The van der Waals surface area contributed by atoms with Gasteiger partial charge in [-0.3, -0.25) is 0 Å². The van der Waals surface area contributed by atoms with Crippen LogP contribution in [0.4, 0.5) is 0 Å². The Kier molecular flexibility index (Phi) is 5.01. The number of rotatable bonds is 0. The van der Waals surface area contributed by atoms with E-state index in [0.717, 1.165) is 36.0 Å². The summed E-state index contributed by atoms with van der Waals surface area (Å²) in [7, 11) is 0. The molecule has 7 fully saturated rings. The maximum Gasteiger partial charge on any atom is 0.0208 e.